The second-order valence-electron chi connectivity index (χ2n) is 17.8. The fourth-order valence-corrected chi connectivity index (χ4v) is 11.6. The lowest BCUT2D eigenvalue weighted by atomic mass is 9.30. The van der Waals surface area contributed by atoms with Crippen molar-refractivity contribution in [1.82, 2.24) is 0 Å². The van der Waals surface area contributed by atoms with Crippen molar-refractivity contribution in [2.45, 2.75) is 156 Å². The van der Waals surface area contributed by atoms with Crippen molar-refractivity contribution in [2.24, 2.45) is 44.3 Å². The Labute approximate surface area is 264 Å². The van der Waals surface area contributed by atoms with Crippen LogP contribution >= 0.6 is 0 Å². The van der Waals surface area contributed by atoms with Gasteiger partial charge in [-0.2, -0.15) is 0 Å². The van der Waals surface area contributed by atoms with Gasteiger partial charge in [-0.15, -0.1) is 0 Å². The van der Waals surface area contributed by atoms with E-state index in [2.05, 4.69) is 61.5 Å². The maximum atomic E-state index is 13.4. The Morgan fingerprint density at radius 3 is 2.11 bits per heavy atom. The van der Waals surface area contributed by atoms with Gasteiger partial charge in [-0.1, -0.05) is 67.0 Å². The molecule has 44 heavy (non-hydrogen) atoms. The number of carbonyl (C=O) groups is 1. The highest BCUT2D eigenvalue weighted by Crippen LogP contribution is 2.78. The first kappa shape index (κ1) is 34.3. The van der Waals surface area contributed by atoms with Gasteiger partial charge in [-0.25, -0.2) is 4.79 Å². The molecule has 0 heterocycles. The molecule has 0 spiro atoms. The zero-order valence-electron chi connectivity index (χ0n) is 28.4. The molecule has 4 fully saturated rings. The van der Waals surface area contributed by atoms with E-state index in [4.69, 9.17) is 9.84 Å². The molecule has 6 N–H and O–H groups in total. The Hall–Kier alpha value is -1.03. The number of aliphatic hydroxyl groups is 6. The Kier molecular flexibility index (Phi) is 8.38. The molecule has 0 bridgehead atoms. The van der Waals surface area contributed by atoms with Crippen LogP contribution < -0.4 is 0 Å². The molecule has 5 aliphatic rings. The molecule has 12 atom stereocenters. The normalized spacial score (nSPS) is 47.0. The minimum absolute atomic E-state index is 0.00343. The number of rotatable bonds is 6. The van der Waals surface area contributed by atoms with Crippen LogP contribution in [0.15, 0.2) is 11.6 Å². The van der Waals surface area contributed by atoms with Crippen LogP contribution in [-0.2, 0) is 9.53 Å². The van der Waals surface area contributed by atoms with E-state index in [9.17, 15) is 30.3 Å². The predicted octanol–water partition coefficient (Wildman–Crippen LogP) is 4.27. The topological polar surface area (TPSA) is 148 Å². The van der Waals surface area contributed by atoms with Crippen molar-refractivity contribution < 1.29 is 40.2 Å². The Bertz CT molecular complexity index is 1160. The number of fused-ring (bicyclic) bond motifs is 7. The van der Waals surface area contributed by atoms with Gasteiger partial charge in [-0.05, 0) is 103 Å². The van der Waals surface area contributed by atoms with Crippen molar-refractivity contribution in [3.8, 4) is 0 Å². The quantitative estimate of drug-likeness (QED) is 0.191. The van der Waals surface area contributed by atoms with E-state index >= 15 is 0 Å². The Morgan fingerprint density at radius 2 is 1.48 bits per heavy atom. The number of allylic oxidation sites excluding steroid dienone is 1. The lowest BCUT2D eigenvalue weighted by molar-refractivity contribution is -0.262. The minimum atomic E-state index is -2.05. The van der Waals surface area contributed by atoms with E-state index in [0.717, 1.165) is 51.4 Å². The summed E-state index contributed by atoms with van der Waals surface area (Å²) in [5.41, 5.74) is 0.414. The van der Waals surface area contributed by atoms with Gasteiger partial charge in [-0.3, -0.25) is 0 Å². The number of aliphatic hydroxyl groups excluding tert-OH is 6. The van der Waals surface area contributed by atoms with Gasteiger partial charge in [0.1, 0.15) is 23.9 Å². The van der Waals surface area contributed by atoms with Gasteiger partial charge in [0.25, 0.3) is 0 Å². The van der Waals surface area contributed by atoms with Crippen molar-refractivity contribution in [3.05, 3.63) is 11.6 Å². The minimum Gasteiger partial charge on any atom is -0.456 e. The third-order valence-electron chi connectivity index (χ3n) is 15.4. The maximum absolute atomic E-state index is 13.4. The van der Waals surface area contributed by atoms with Crippen LogP contribution in [-0.4, -0.2) is 79.3 Å². The number of esters is 1. The molecule has 0 aromatic carbocycles. The highest BCUT2D eigenvalue weighted by molar-refractivity contribution is 5.76. The summed E-state index contributed by atoms with van der Waals surface area (Å²) in [6, 6.07) is 0. The van der Waals surface area contributed by atoms with E-state index < -0.39 is 42.6 Å². The first-order valence-electron chi connectivity index (χ1n) is 17.1. The zero-order chi connectivity index (χ0) is 32.9. The summed E-state index contributed by atoms with van der Waals surface area (Å²) >= 11 is 0. The first-order valence-corrected chi connectivity index (χ1v) is 17.1. The van der Waals surface area contributed by atoms with E-state index in [1.165, 1.54) is 5.57 Å². The third kappa shape index (κ3) is 4.55. The average Bonchev–Trinajstić information content (AvgIpc) is 2.96. The summed E-state index contributed by atoms with van der Waals surface area (Å²) in [5, 5.41) is 61.4. The predicted molar refractivity (Wildman–Crippen MR) is 167 cm³/mol. The molecular weight excluding hydrogens is 560 g/mol. The van der Waals surface area contributed by atoms with E-state index in [0.29, 0.717) is 18.8 Å². The highest BCUT2D eigenvalue weighted by atomic mass is 16.6. The van der Waals surface area contributed by atoms with Crippen LogP contribution in [0.3, 0.4) is 0 Å². The van der Waals surface area contributed by atoms with E-state index in [1.807, 2.05) is 0 Å². The van der Waals surface area contributed by atoms with Crippen molar-refractivity contribution >= 4 is 5.97 Å². The largest absolute Gasteiger partial charge is 0.456 e. The van der Waals surface area contributed by atoms with Crippen LogP contribution in [0.5, 0.6) is 0 Å². The van der Waals surface area contributed by atoms with Crippen LogP contribution in [0.25, 0.3) is 0 Å². The number of hydrogen-bond acceptors (Lipinski definition) is 8. The molecule has 0 radical (unpaired) electrons. The molecule has 0 unspecified atom stereocenters. The fourth-order valence-electron chi connectivity index (χ4n) is 11.6. The molecule has 8 heteroatoms. The molecule has 0 aromatic rings. The standard InChI is InChI=1S/C36H60O8/c1-30(2)15-17-36(44-29(43)28(42)27(41)26(40)23(38)20-37)18-16-32(5)21(22(36)19-30)9-12-33(6)24(32)10-13-34(7)31(3,4)25(39)11-14-35(33,34)8/h9,22-28,37-42H,10-20H2,1-8H3/t22-,23-,24-,25-,26+,27-,28+,32+,33+,34+,35+,36-/m1/s1. The van der Waals surface area contributed by atoms with Crippen molar-refractivity contribution in [3.63, 3.8) is 0 Å². The maximum Gasteiger partial charge on any atom is 0.338 e. The van der Waals surface area contributed by atoms with Crippen molar-refractivity contribution in [1.29, 1.82) is 0 Å². The summed E-state index contributed by atoms with van der Waals surface area (Å²) in [6.45, 7) is 18.2. The molecular formula is C36H60O8. The summed E-state index contributed by atoms with van der Waals surface area (Å²) in [6.07, 6.45) is 3.36. The Balaban J connectivity index is 1.50. The van der Waals surface area contributed by atoms with Crippen LogP contribution in [0.1, 0.15) is 120 Å². The second-order valence-corrected chi connectivity index (χ2v) is 17.8. The van der Waals surface area contributed by atoms with Gasteiger partial charge in [0, 0.05) is 5.92 Å². The summed E-state index contributed by atoms with van der Waals surface area (Å²) in [5.74, 6) is -0.581. The molecule has 4 saturated carbocycles. The van der Waals surface area contributed by atoms with E-state index in [-0.39, 0.29) is 44.5 Å². The average molecular weight is 621 g/mol. The van der Waals surface area contributed by atoms with Crippen LogP contribution in [0, 0.1) is 44.3 Å². The molecule has 252 valence electrons. The third-order valence-corrected chi connectivity index (χ3v) is 15.4. The fraction of sp³-hybridized carbons (Fsp3) is 0.917. The summed E-state index contributed by atoms with van der Waals surface area (Å²) < 4.78 is 6.27. The highest BCUT2D eigenvalue weighted by Gasteiger charge is 2.72. The molecule has 0 aliphatic heterocycles. The summed E-state index contributed by atoms with van der Waals surface area (Å²) in [7, 11) is 0. The van der Waals surface area contributed by atoms with Crippen LogP contribution in [0.4, 0.5) is 0 Å². The zero-order valence-corrected chi connectivity index (χ0v) is 28.4. The monoisotopic (exact) mass is 620 g/mol. The second kappa shape index (κ2) is 10.7. The van der Waals surface area contributed by atoms with Gasteiger partial charge in [0.05, 0.1) is 12.7 Å². The smallest absolute Gasteiger partial charge is 0.338 e. The molecule has 5 rings (SSSR count). The van der Waals surface area contributed by atoms with Gasteiger partial charge in [0.15, 0.2) is 6.10 Å². The lowest BCUT2D eigenvalue weighted by Crippen LogP contribution is -2.69. The van der Waals surface area contributed by atoms with Gasteiger partial charge >= 0.3 is 5.97 Å². The summed E-state index contributed by atoms with van der Waals surface area (Å²) in [4.78, 5) is 13.4. The SMILES string of the molecule is CC1(C)CC[C@@]2(OC(=O)[C@@H](O)[C@H](O)[C@@H](O)[C@H](O)CO)CC[C@@]3(C)C(=CC[C@@]4(C)[C@@H]3CC[C@@]3(C)C(C)(C)[C@H](O)CC[C@@]43C)[C@H]2C1. The Morgan fingerprint density at radius 1 is 0.864 bits per heavy atom. The van der Waals surface area contributed by atoms with Crippen molar-refractivity contribution in [2.75, 3.05) is 6.61 Å². The van der Waals surface area contributed by atoms with Gasteiger partial charge < -0.3 is 35.4 Å². The molecule has 5 aliphatic carbocycles. The van der Waals surface area contributed by atoms with E-state index in [1.54, 1.807) is 0 Å². The number of hydrogen-bond donors (Lipinski definition) is 6. The molecule has 0 amide bonds. The number of ether oxygens (including phenoxy) is 1. The molecule has 0 aromatic heterocycles. The van der Waals surface area contributed by atoms with Gasteiger partial charge in [0.2, 0.25) is 0 Å². The molecule has 8 nitrogen and oxygen atoms in total. The lowest BCUT2D eigenvalue weighted by Gasteiger charge is -2.75. The number of carbonyl (C=O) groups excluding carboxylic acids is 1. The first-order chi connectivity index (χ1) is 20.2. The van der Waals surface area contributed by atoms with Crippen LogP contribution in [0.2, 0.25) is 0 Å². The molecule has 0 saturated heterocycles.